The maximum atomic E-state index is 2.42. The first-order valence-corrected chi connectivity index (χ1v) is 20.6. The van der Waals surface area contributed by atoms with Crippen molar-refractivity contribution in [2.45, 2.75) is 0 Å². The molecule has 0 saturated carbocycles. The van der Waals surface area contributed by atoms with Crippen LogP contribution in [0.1, 0.15) is 0 Å². The standard InChI is InChI=1S/C56H37NS/c1-2-13-43-35-45(28-25-38(43)11-1)44-15-9-16-48(36-44)57(54-21-7-5-18-51(54)46-31-34-56-53(37-46)52-19-6-8-22-55(52)58-56)47-32-29-40(30-33-47)39-23-26-42(27-24-39)50-20-10-14-41-12-3-4-17-49(41)50/h1-37H. The van der Waals surface area contributed by atoms with Gasteiger partial charge in [-0.05, 0) is 115 Å². The molecule has 58 heavy (non-hydrogen) atoms. The molecule has 0 unspecified atom stereocenters. The maximum absolute atomic E-state index is 2.42. The largest absolute Gasteiger partial charge is 0.310 e. The average molecular weight is 756 g/mol. The van der Waals surface area contributed by atoms with Gasteiger partial charge >= 0.3 is 0 Å². The minimum absolute atomic E-state index is 1.10. The molecule has 0 aliphatic rings. The van der Waals surface area contributed by atoms with E-state index in [1.54, 1.807) is 0 Å². The highest BCUT2D eigenvalue weighted by atomic mass is 32.1. The zero-order chi connectivity index (χ0) is 38.4. The number of fused-ring (bicyclic) bond motifs is 5. The Labute approximate surface area is 342 Å². The van der Waals surface area contributed by atoms with Crippen LogP contribution in [0.15, 0.2) is 224 Å². The van der Waals surface area contributed by atoms with Gasteiger partial charge in [-0.3, -0.25) is 0 Å². The van der Waals surface area contributed by atoms with Crippen LogP contribution in [0, 0.1) is 0 Å². The highest BCUT2D eigenvalue weighted by Gasteiger charge is 2.19. The predicted molar refractivity (Wildman–Crippen MR) is 251 cm³/mol. The van der Waals surface area contributed by atoms with E-state index < -0.39 is 0 Å². The first-order chi connectivity index (χ1) is 28.7. The third-order valence-corrected chi connectivity index (χ3v) is 12.6. The van der Waals surface area contributed by atoms with Gasteiger partial charge in [0.1, 0.15) is 0 Å². The van der Waals surface area contributed by atoms with E-state index in [9.17, 15) is 0 Å². The van der Waals surface area contributed by atoms with Crippen molar-refractivity contribution in [2.24, 2.45) is 0 Å². The summed E-state index contributed by atoms with van der Waals surface area (Å²) in [7, 11) is 0. The molecular weight excluding hydrogens is 719 g/mol. The van der Waals surface area contributed by atoms with Crippen molar-refractivity contribution < 1.29 is 0 Å². The smallest absolute Gasteiger partial charge is 0.0540 e. The monoisotopic (exact) mass is 755 g/mol. The summed E-state index contributed by atoms with van der Waals surface area (Å²) >= 11 is 1.86. The van der Waals surface area contributed by atoms with Gasteiger partial charge in [-0.15, -0.1) is 11.3 Å². The van der Waals surface area contributed by atoms with E-state index in [1.807, 2.05) is 11.3 Å². The molecule has 0 aliphatic heterocycles. The van der Waals surface area contributed by atoms with Crippen LogP contribution in [0.5, 0.6) is 0 Å². The van der Waals surface area contributed by atoms with Gasteiger partial charge in [0, 0.05) is 37.1 Å². The fraction of sp³-hybridized carbons (Fsp3) is 0. The Morgan fingerprint density at radius 2 is 0.862 bits per heavy atom. The number of benzene rings is 10. The lowest BCUT2D eigenvalue weighted by molar-refractivity contribution is 1.28. The number of hydrogen-bond acceptors (Lipinski definition) is 2. The highest BCUT2D eigenvalue weighted by Crippen LogP contribution is 2.44. The normalized spacial score (nSPS) is 11.4. The lowest BCUT2D eigenvalue weighted by atomic mass is 9.96. The van der Waals surface area contributed by atoms with Gasteiger partial charge in [-0.2, -0.15) is 0 Å². The molecule has 1 heterocycles. The molecule has 0 spiro atoms. The van der Waals surface area contributed by atoms with Crippen LogP contribution in [0.3, 0.4) is 0 Å². The zero-order valence-electron chi connectivity index (χ0n) is 31.7. The van der Waals surface area contributed by atoms with Crippen LogP contribution < -0.4 is 4.90 Å². The van der Waals surface area contributed by atoms with Crippen molar-refractivity contribution in [1.29, 1.82) is 0 Å². The number of thiophene rings is 1. The molecule has 272 valence electrons. The third-order valence-electron chi connectivity index (χ3n) is 11.5. The first-order valence-electron chi connectivity index (χ1n) is 19.8. The Kier molecular flexibility index (Phi) is 8.42. The summed E-state index contributed by atoms with van der Waals surface area (Å²) in [6.07, 6.45) is 0. The fourth-order valence-electron chi connectivity index (χ4n) is 8.55. The second kappa shape index (κ2) is 14.4. The fourth-order valence-corrected chi connectivity index (χ4v) is 9.64. The molecule has 11 rings (SSSR count). The number of rotatable bonds is 7. The van der Waals surface area contributed by atoms with E-state index in [1.165, 1.54) is 86.2 Å². The Morgan fingerprint density at radius 1 is 0.276 bits per heavy atom. The van der Waals surface area contributed by atoms with Gasteiger partial charge in [-0.25, -0.2) is 0 Å². The molecule has 11 aromatic rings. The Hall–Kier alpha value is -7.26. The Balaban J connectivity index is 1.02. The summed E-state index contributed by atoms with van der Waals surface area (Å²) in [6.45, 7) is 0. The summed E-state index contributed by atoms with van der Waals surface area (Å²) in [4.78, 5) is 2.42. The predicted octanol–water partition coefficient (Wildman–Crippen LogP) is 16.5. The molecule has 10 aromatic carbocycles. The van der Waals surface area contributed by atoms with Crippen molar-refractivity contribution >= 4 is 70.1 Å². The number of anilines is 3. The summed E-state index contributed by atoms with van der Waals surface area (Å²) in [6, 6.07) is 82.0. The van der Waals surface area contributed by atoms with Gasteiger partial charge in [0.2, 0.25) is 0 Å². The van der Waals surface area contributed by atoms with E-state index in [-0.39, 0.29) is 0 Å². The minimum atomic E-state index is 1.10. The van der Waals surface area contributed by atoms with E-state index in [4.69, 9.17) is 0 Å². The van der Waals surface area contributed by atoms with E-state index >= 15 is 0 Å². The van der Waals surface area contributed by atoms with Crippen molar-refractivity contribution in [1.82, 2.24) is 0 Å². The van der Waals surface area contributed by atoms with Crippen molar-refractivity contribution in [3.63, 3.8) is 0 Å². The van der Waals surface area contributed by atoms with E-state index in [0.29, 0.717) is 0 Å². The van der Waals surface area contributed by atoms with Gasteiger partial charge in [0.25, 0.3) is 0 Å². The van der Waals surface area contributed by atoms with Crippen LogP contribution in [0.2, 0.25) is 0 Å². The topological polar surface area (TPSA) is 3.24 Å². The molecule has 0 amide bonds. The van der Waals surface area contributed by atoms with Gasteiger partial charge < -0.3 is 4.90 Å². The molecule has 0 fully saturated rings. The molecule has 2 heteroatoms. The molecular formula is C56H37NS. The number of para-hydroxylation sites is 1. The Morgan fingerprint density at radius 3 is 1.72 bits per heavy atom. The minimum Gasteiger partial charge on any atom is -0.310 e. The van der Waals surface area contributed by atoms with Crippen LogP contribution in [0.4, 0.5) is 17.1 Å². The van der Waals surface area contributed by atoms with Crippen molar-refractivity contribution in [3.05, 3.63) is 224 Å². The second-order valence-corrected chi connectivity index (χ2v) is 16.0. The SMILES string of the molecule is c1cc(-c2ccc3ccccc3c2)cc(N(c2ccc(-c3ccc(-c4cccc5ccccc45)cc3)cc2)c2ccccc2-c2ccc3sc4ccccc4c3c2)c1. The van der Waals surface area contributed by atoms with Gasteiger partial charge in [0.05, 0.1) is 5.69 Å². The molecule has 0 radical (unpaired) electrons. The maximum Gasteiger partial charge on any atom is 0.0540 e. The van der Waals surface area contributed by atoms with Gasteiger partial charge in [-0.1, -0.05) is 170 Å². The molecule has 1 nitrogen and oxygen atoms in total. The molecule has 0 aliphatic carbocycles. The number of nitrogens with zero attached hydrogens (tertiary/aromatic N) is 1. The molecule has 0 atom stereocenters. The second-order valence-electron chi connectivity index (χ2n) is 14.9. The summed E-state index contributed by atoms with van der Waals surface area (Å²) in [5.41, 5.74) is 12.9. The van der Waals surface area contributed by atoms with Crippen LogP contribution in [0.25, 0.3) is 86.2 Å². The van der Waals surface area contributed by atoms with Crippen molar-refractivity contribution in [2.75, 3.05) is 4.90 Å². The summed E-state index contributed by atoms with van der Waals surface area (Å²) in [5.74, 6) is 0. The molecule has 0 N–H and O–H groups in total. The highest BCUT2D eigenvalue weighted by molar-refractivity contribution is 7.25. The lowest BCUT2D eigenvalue weighted by Gasteiger charge is -2.28. The van der Waals surface area contributed by atoms with E-state index in [0.717, 1.165) is 17.1 Å². The molecule has 0 saturated heterocycles. The third kappa shape index (κ3) is 6.12. The van der Waals surface area contributed by atoms with E-state index in [2.05, 4.69) is 229 Å². The van der Waals surface area contributed by atoms with Crippen LogP contribution in [-0.4, -0.2) is 0 Å². The lowest BCUT2D eigenvalue weighted by Crippen LogP contribution is -2.11. The van der Waals surface area contributed by atoms with Crippen molar-refractivity contribution in [3.8, 4) is 44.5 Å². The van der Waals surface area contributed by atoms with Crippen LogP contribution in [-0.2, 0) is 0 Å². The summed E-state index contributed by atoms with van der Waals surface area (Å²) < 4.78 is 2.63. The van der Waals surface area contributed by atoms with Gasteiger partial charge in [0.15, 0.2) is 0 Å². The first kappa shape index (κ1) is 34.0. The Bertz CT molecular complexity index is 3280. The molecule has 0 bridgehead atoms. The zero-order valence-corrected chi connectivity index (χ0v) is 32.5. The summed E-state index contributed by atoms with van der Waals surface area (Å²) in [5, 5.41) is 7.63. The van der Waals surface area contributed by atoms with Crippen LogP contribution >= 0.6 is 11.3 Å². The molecule has 1 aromatic heterocycles. The average Bonchev–Trinajstić information content (AvgIpc) is 3.67. The quantitative estimate of drug-likeness (QED) is 0.157. The number of hydrogen-bond donors (Lipinski definition) is 0.